The number of furan rings is 1. The van der Waals surface area contributed by atoms with Crippen molar-refractivity contribution in [2.75, 3.05) is 0 Å². The number of halogens is 1. The van der Waals surface area contributed by atoms with Crippen LogP contribution in [-0.4, -0.2) is 5.11 Å². The second-order valence-corrected chi connectivity index (χ2v) is 3.77. The molecule has 3 heteroatoms. The second kappa shape index (κ2) is 2.74. The number of phenols is 1. The van der Waals surface area contributed by atoms with Gasteiger partial charge in [-0.25, -0.2) is 4.39 Å². The highest BCUT2D eigenvalue weighted by molar-refractivity contribution is 5.84. The average molecular weight is 194 g/mol. The molecule has 0 spiro atoms. The maximum Gasteiger partial charge on any atom is 0.162 e. The van der Waals surface area contributed by atoms with Gasteiger partial charge in [-0.15, -0.1) is 0 Å². The minimum atomic E-state index is -1.52. The lowest BCUT2D eigenvalue weighted by Crippen LogP contribution is -2.06. The topological polar surface area (TPSA) is 33.4 Å². The van der Waals surface area contributed by atoms with Crippen LogP contribution in [-0.2, 0) is 5.67 Å². The van der Waals surface area contributed by atoms with Gasteiger partial charge in [-0.2, -0.15) is 0 Å². The summed E-state index contributed by atoms with van der Waals surface area (Å²) in [6.45, 7) is 2.84. The fourth-order valence-electron chi connectivity index (χ4n) is 1.34. The maximum absolute atomic E-state index is 13.5. The zero-order valence-electron chi connectivity index (χ0n) is 8.04. The van der Waals surface area contributed by atoms with E-state index in [2.05, 4.69) is 0 Å². The molecule has 2 aromatic rings. The summed E-state index contributed by atoms with van der Waals surface area (Å²) in [7, 11) is 0. The van der Waals surface area contributed by atoms with Crippen LogP contribution in [0.25, 0.3) is 11.0 Å². The van der Waals surface area contributed by atoms with Gasteiger partial charge in [-0.05, 0) is 32.0 Å². The summed E-state index contributed by atoms with van der Waals surface area (Å²) >= 11 is 0. The Balaban J connectivity index is 2.69. The molecule has 0 fully saturated rings. The van der Waals surface area contributed by atoms with E-state index in [9.17, 15) is 9.50 Å². The third-order valence-electron chi connectivity index (χ3n) is 2.12. The number of hydrogen-bond acceptors (Lipinski definition) is 2. The Kier molecular flexibility index (Phi) is 1.77. The van der Waals surface area contributed by atoms with E-state index < -0.39 is 5.67 Å². The lowest BCUT2D eigenvalue weighted by molar-refractivity contribution is 0.182. The van der Waals surface area contributed by atoms with Gasteiger partial charge in [-0.1, -0.05) is 6.07 Å². The molecule has 1 N–H and O–H groups in total. The van der Waals surface area contributed by atoms with Crippen molar-refractivity contribution >= 4 is 11.0 Å². The molecule has 0 radical (unpaired) electrons. The van der Waals surface area contributed by atoms with E-state index in [0.717, 1.165) is 0 Å². The first-order valence-electron chi connectivity index (χ1n) is 4.39. The molecule has 2 rings (SSSR count). The van der Waals surface area contributed by atoms with Gasteiger partial charge in [0.1, 0.15) is 17.1 Å². The van der Waals surface area contributed by atoms with Crippen LogP contribution in [0.5, 0.6) is 5.75 Å². The highest BCUT2D eigenvalue weighted by atomic mass is 19.1. The van der Waals surface area contributed by atoms with Gasteiger partial charge in [0, 0.05) is 0 Å². The Bertz CT molecular complexity index is 466. The average Bonchev–Trinajstić information content (AvgIpc) is 2.48. The molecule has 14 heavy (non-hydrogen) atoms. The predicted octanol–water partition coefficient (Wildman–Crippen LogP) is 3.34. The van der Waals surface area contributed by atoms with Crippen molar-refractivity contribution in [1.82, 2.24) is 0 Å². The van der Waals surface area contributed by atoms with Gasteiger partial charge in [0.15, 0.2) is 5.67 Å². The van der Waals surface area contributed by atoms with Gasteiger partial charge in [-0.3, -0.25) is 0 Å². The van der Waals surface area contributed by atoms with Crippen molar-refractivity contribution in [3.63, 3.8) is 0 Å². The van der Waals surface area contributed by atoms with Crippen LogP contribution in [0.4, 0.5) is 4.39 Å². The minimum Gasteiger partial charge on any atom is -0.507 e. The van der Waals surface area contributed by atoms with Crippen LogP contribution in [0.1, 0.15) is 19.6 Å². The molecule has 2 nitrogen and oxygen atoms in total. The number of rotatable bonds is 1. The number of benzene rings is 1. The molecule has 1 heterocycles. The zero-order chi connectivity index (χ0) is 10.3. The van der Waals surface area contributed by atoms with E-state index in [-0.39, 0.29) is 11.5 Å². The number of alkyl halides is 1. The fourth-order valence-corrected chi connectivity index (χ4v) is 1.34. The predicted molar refractivity (Wildman–Crippen MR) is 52.0 cm³/mol. The monoisotopic (exact) mass is 194 g/mol. The van der Waals surface area contributed by atoms with E-state index >= 15 is 0 Å². The van der Waals surface area contributed by atoms with Gasteiger partial charge in [0.2, 0.25) is 0 Å². The van der Waals surface area contributed by atoms with Crippen molar-refractivity contribution in [3.05, 3.63) is 30.0 Å². The van der Waals surface area contributed by atoms with E-state index in [0.29, 0.717) is 11.0 Å². The number of aromatic hydroxyl groups is 1. The summed E-state index contributed by atoms with van der Waals surface area (Å²) in [5, 5.41) is 10.0. The lowest BCUT2D eigenvalue weighted by atomic mass is 10.1. The summed E-state index contributed by atoms with van der Waals surface area (Å²) in [6, 6.07) is 6.44. The maximum atomic E-state index is 13.5. The Morgan fingerprint density at radius 3 is 2.64 bits per heavy atom. The van der Waals surface area contributed by atoms with Crippen molar-refractivity contribution < 1.29 is 13.9 Å². The quantitative estimate of drug-likeness (QED) is 0.755. The first-order chi connectivity index (χ1) is 6.48. The van der Waals surface area contributed by atoms with Gasteiger partial charge < -0.3 is 9.52 Å². The van der Waals surface area contributed by atoms with Crippen LogP contribution in [0, 0.1) is 0 Å². The standard InChI is InChI=1S/C11H11FO2/c1-11(2,12)10-6-7-8(13)4-3-5-9(7)14-10/h3-6,13H,1-2H3. The molecule has 0 saturated carbocycles. The Hall–Kier alpha value is -1.51. The summed E-state index contributed by atoms with van der Waals surface area (Å²) in [4.78, 5) is 0. The molecule has 0 bridgehead atoms. The first-order valence-corrected chi connectivity index (χ1v) is 4.39. The van der Waals surface area contributed by atoms with Gasteiger partial charge in [0.05, 0.1) is 5.39 Å². The van der Waals surface area contributed by atoms with E-state index in [1.165, 1.54) is 19.9 Å². The second-order valence-electron chi connectivity index (χ2n) is 3.77. The first kappa shape index (κ1) is 9.06. The van der Waals surface area contributed by atoms with Crippen molar-refractivity contribution in [3.8, 4) is 5.75 Å². The van der Waals surface area contributed by atoms with Crippen LogP contribution < -0.4 is 0 Å². The highest BCUT2D eigenvalue weighted by Crippen LogP contribution is 2.33. The molecule has 0 aliphatic heterocycles. The third-order valence-corrected chi connectivity index (χ3v) is 2.12. The van der Waals surface area contributed by atoms with Gasteiger partial charge >= 0.3 is 0 Å². The minimum absolute atomic E-state index is 0.113. The smallest absolute Gasteiger partial charge is 0.162 e. The summed E-state index contributed by atoms with van der Waals surface area (Å²) in [5.41, 5.74) is -1.02. The van der Waals surface area contributed by atoms with Crippen molar-refractivity contribution in [2.24, 2.45) is 0 Å². The summed E-state index contributed by atoms with van der Waals surface area (Å²) in [5.74, 6) is 0.343. The molecule has 0 aliphatic carbocycles. The Labute approximate surface area is 81.0 Å². The highest BCUT2D eigenvalue weighted by Gasteiger charge is 2.24. The SMILES string of the molecule is CC(C)(F)c1cc2c(O)cccc2o1. The molecule has 1 aromatic heterocycles. The molecule has 0 unspecified atom stereocenters. The van der Waals surface area contributed by atoms with Crippen LogP contribution >= 0.6 is 0 Å². The fraction of sp³-hybridized carbons (Fsp3) is 0.273. The molecule has 74 valence electrons. The largest absolute Gasteiger partial charge is 0.507 e. The Morgan fingerprint density at radius 1 is 1.36 bits per heavy atom. The summed E-state index contributed by atoms with van der Waals surface area (Å²) in [6.07, 6.45) is 0. The lowest BCUT2D eigenvalue weighted by Gasteiger charge is -2.08. The molecule has 0 atom stereocenters. The molecular weight excluding hydrogens is 183 g/mol. The number of hydrogen-bond donors (Lipinski definition) is 1. The molecule has 0 amide bonds. The van der Waals surface area contributed by atoms with Crippen molar-refractivity contribution in [2.45, 2.75) is 19.5 Å². The summed E-state index contributed by atoms with van der Waals surface area (Å²) < 4.78 is 18.8. The Morgan fingerprint density at radius 2 is 2.07 bits per heavy atom. The number of fused-ring (bicyclic) bond motifs is 1. The van der Waals surface area contributed by atoms with E-state index in [1.807, 2.05) is 0 Å². The molecule has 0 aliphatic rings. The van der Waals surface area contributed by atoms with Crippen LogP contribution in [0.15, 0.2) is 28.7 Å². The normalized spacial score (nSPS) is 12.2. The van der Waals surface area contributed by atoms with E-state index in [4.69, 9.17) is 4.42 Å². The molecule has 0 saturated heterocycles. The van der Waals surface area contributed by atoms with Gasteiger partial charge in [0.25, 0.3) is 0 Å². The third kappa shape index (κ3) is 1.35. The van der Waals surface area contributed by atoms with Crippen LogP contribution in [0.3, 0.4) is 0 Å². The number of phenolic OH excluding ortho intramolecular Hbond substituents is 1. The van der Waals surface area contributed by atoms with Crippen molar-refractivity contribution in [1.29, 1.82) is 0 Å². The molecular formula is C11H11FO2. The van der Waals surface area contributed by atoms with E-state index in [1.54, 1.807) is 18.2 Å². The molecule has 1 aromatic carbocycles. The van der Waals surface area contributed by atoms with Crippen LogP contribution in [0.2, 0.25) is 0 Å². The zero-order valence-corrected chi connectivity index (χ0v) is 8.04.